The SMILES string of the molecule is CCc1c(C(CC)C(N)=O)ccc(OC)c1OC. The second-order valence-corrected chi connectivity index (χ2v) is 4.09. The summed E-state index contributed by atoms with van der Waals surface area (Å²) >= 11 is 0. The van der Waals surface area contributed by atoms with Gasteiger partial charge in [0, 0.05) is 5.56 Å². The summed E-state index contributed by atoms with van der Waals surface area (Å²) in [6.45, 7) is 3.97. The second kappa shape index (κ2) is 6.28. The van der Waals surface area contributed by atoms with Crippen LogP contribution in [0.3, 0.4) is 0 Å². The third-order valence-corrected chi connectivity index (χ3v) is 3.17. The maximum Gasteiger partial charge on any atom is 0.224 e. The van der Waals surface area contributed by atoms with Crippen LogP contribution in [0.2, 0.25) is 0 Å². The Kier molecular flexibility index (Phi) is 5.01. The van der Waals surface area contributed by atoms with Crippen LogP contribution in [0, 0.1) is 0 Å². The number of nitrogens with two attached hydrogens (primary N) is 1. The van der Waals surface area contributed by atoms with Crippen LogP contribution in [0.5, 0.6) is 11.5 Å². The van der Waals surface area contributed by atoms with Crippen molar-refractivity contribution in [1.29, 1.82) is 0 Å². The molecule has 0 aliphatic rings. The van der Waals surface area contributed by atoms with E-state index in [1.807, 2.05) is 26.0 Å². The molecule has 4 nitrogen and oxygen atoms in total. The smallest absolute Gasteiger partial charge is 0.224 e. The molecule has 0 aliphatic heterocycles. The van der Waals surface area contributed by atoms with Gasteiger partial charge < -0.3 is 15.2 Å². The molecule has 0 saturated carbocycles. The first-order valence-corrected chi connectivity index (χ1v) is 6.13. The second-order valence-electron chi connectivity index (χ2n) is 4.09. The summed E-state index contributed by atoms with van der Waals surface area (Å²) in [6, 6.07) is 3.72. The lowest BCUT2D eigenvalue weighted by molar-refractivity contribution is -0.119. The highest BCUT2D eigenvalue weighted by atomic mass is 16.5. The summed E-state index contributed by atoms with van der Waals surface area (Å²) in [5.74, 6) is 0.786. The van der Waals surface area contributed by atoms with Gasteiger partial charge in [-0.25, -0.2) is 0 Å². The Morgan fingerprint density at radius 1 is 1.28 bits per heavy atom. The number of primary amides is 1. The highest BCUT2D eigenvalue weighted by Crippen LogP contribution is 2.37. The van der Waals surface area contributed by atoms with Gasteiger partial charge in [-0.2, -0.15) is 0 Å². The molecule has 1 aromatic rings. The Balaban J connectivity index is 3.40. The summed E-state index contributed by atoms with van der Waals surface area (Å²) in [5, 5.41) is 0. The molecule has 0 aromatic heterocycles. The van der Waals surface area contributed by atoms with Crippen molar-refractivity contribution in [3.05, 3.63) is 23.3 Å². The van der Waals surface area contributed by atoms with Gasteiger partial charge in [-0.05, 0) is 24.5 Å². The van der Waals surface area contributed by atoms with Gasteiger partial charge in [-0.15, -0.1) is 0 Å². The molecule has 0 spiro atoms. The Bertz CT molecular complexity index is 429. The van der Waals surface area contributed by atoms with Crippen LogP contribution in [0.25, 0.3) is 0 Å². The summed E-state index contributed by atoms with van der Waals surface area (Å²) in [5.41, 5.74) is 7.38. The normalized spacial score (nSPS) is 12.0. The van der Waals surface area contributed by atoms with Gasteiger partial charge in [0.2, 0.25) is 5.91 Å². The van der Waals surface area contributed by atoms with Crippen molar-refractivity contribution in [2.24, 2.45) is 5.73 Å². The molecular weight excluding hydrogens is 230 g/mol. The maximum absolute atomic E-state index is 11.5. The molecule has 0 heterocycles. The quantitative estimate of drug-likeness (QED) is 0.843. The minimum Gasteiger partial charge on any atom is -0.493 e. The first kappa shape index (κ1) is 14.4. The van der Waals surface area contributed by atoms with E-state index in [1.54, 1.807) is 14.2 Å². The Labute approximate surface area is 108 Å². The predicted octanol–water partition coefficient (Wildman–Crippen LogP) is 2.25. The van der Waals surface area contributed by atoms with Gasteiger partial charge in [0.15, 0.2) is 11.5 Å². The van der Waals surface area contributed by atoms with Crippen molar-refractivity contribution in [3.63, 3.8) is 0 Å². The summed E-state index contributed by atoms with van der Waals surface area (Å²) < 4.78 is 10.7. The lowest BCUT2D eigenvalue weighted by Gasteiger charge is -2.20. The lowest BCUT2D eigenvalue weighted by Crippen LogP contribution is -2.22. The molecule has 1 unspecified atom stereocenters. The summed E-state index contributed by atoms with van der Waals surface area (Å²) in [6.07, 6.45) is 1.44. The third kappa shape index (κ3) is 2.58. The van der Waals surface area contributed by atoms with Crippen LogP contribution in [0.4, 0.5) is 0 Å². The summed E-state index contributed by atoms with van der Waals surface area (Å²) in [7, 11) is 3.20. The molecule has 2 N–H and O–H groups in total. The molecule has 1 amide bonds. The molecule has 0 aliphatic carbocycles. The highest BCUT2D eigenvalue weighted by Gasteiger charge is 2.22. The average molecular weight is 251 g/mol. The predicted molar refractivity (Wildman–Crippen MR) is 71.2 cm³/mol. The topological polar surface area (TPSA) is 61.6 Å². The van der Waals surface area contributed by atoms with Crippen molar-refractivity contribution in [1.82, 2.24) is 0 Å². The number of carbonyl (C=O) groups excluding carboxylic acids is 1. The molecule has 18 heavy (non-hydrogen) atoms. The van der Waals surface area contributed by atoms with E-state index in [4.69, 9.17) is 15.2 Å². The molecule has 1 aromatic carbocycles. The molecule has 100 valence electrons. The zero-order chi connectivity index (χ0) is 13.7. The molecule has 1 atom stereocenters. The van der Waals surface area contributed by atoms with Crippen LogP contribution < -0.4 is 15.2 Å². The van der Waals surface area contributed by atoms with Gasteiger partial charge in [0.25, 0.3) is 0 Å². The molecule has 0 radical (unpaired) electrons. The van der Waals surface area contributed by atoms with E-state index < -0.39 is 0 Å². The molecule has 1 rings (SSSR count). The largest absolute Gasteiger partial charge is 0.493 e. The monoisotopic (exact) mass is 251 g/mol. The standard InChI is InChI=1S/C14H21NO3/c1-5-9-11(10(6-2)14(15)16)7-8-12(17-3)13(9)18-4/h7-8,10H,5-6H2,1-4H3,(H2,15,16). The van der Waals surface area contributed by atoms with Crippen LogP contribution in [0.1, 0.15) is 37.3 Å². The Morgan fingerprint density at radius 3 is 2.33 bits per heavy atom. The number of rotatable bonds is 6. The fraction of sp³-hybridized carbons (Fsp3) is 0.500. The van der Waals surface area contributed by atoms with Crippen molar-refractivity contribution >= 4 is 5.91 Å². The first-order valence-electron chi connectivity index (χ1n) is 6.13. The van der Waals surface area contributed by atoms with Gasteiger partial charge in [-0.1, -0.05) is 19.9 Å². The maximum atomic E-state index is 11.5. The molecule has 0 bridgehead atoms. The number of ether oxygens (including phenoxy) is 2. The van der Waals surface area contributed by atoms with Crippen molar-refractivity contribution in [2.75, 3.05) is 14.2 Å². The van der Waals surface area contributed by atoms with E-state index in [0.717, 1.165) is 17.5 Å². The van der Waals surface area contributed by atoms with Gasteiger partial charge >= 0.3 is 0 Å². The van der Waals surface area contributed by atoms with E-state index in [-0.39, 0.29) is 11.8 Å². The lowest BCUT2D eigenvalue weighted by atomic mass is 9.89. The van der Waals surface area contributed by atoms with E-state index in [0.29, 0.717) is 17.9 Å². The molecule has 0 saturated heterocycles. The van der Waals surface area contributed by atoms with E-state index in [1.165, 1.54) is 0 Å². The number of methoxy groups -OCH3 is 2. The number of carbonyl (C=O) groups is 1. The zero-order valence-electron chi connectivity index (χ0n) is 11.4. The number of amides is 1. The molecule has 0 fully saturated rings. The fourth-order valence-electron chi connectivity index (χ4n) is 2.27. The van der Waals surface area contributed by atoms with Gasteiger partial charge in [-0.3, -0.25) is 4.79 Å². The minimum atomic E-state index is -0.306. The first-order chi connectivity index (χ1) is 8.60. The Hall–Kier alpha value is -1.71. The van der Waals surface area contributed by atoms with Crippen LogP contribution in [-0.2, 0) is 11.2 Å². The van der Waals surface area contributed by atoms with Crippen molar-refractivity contribution < 1.29 is 14.3 Å². The summed E-state index contributed by atoms with van der Waals surface area (Å²) in [4.78, 5) is 11.5. The van der Waals surface area contributed by atoms with Crippen molar-refractivity contribution in [2.45, 2.75) is 32.6 Å². The van der Waals surface area contributed by atoms with Crippen LogP contribution in [-0.4, -0.2) is 20.1 Å². The average Bonchev–Trinajstić information content (AvgIpc) is 2.38. The van der Waals surface area contributed by atoms with E-state index in [2.05, 4.69) is 0 Å². The minimum absolute atomic E-state index is 0.278. The van der Waals surface area contributed by atoms with Crippen LogP contribution in [0.15, 0.2) is 12.1 Å². The highest BCUT2D eigenvalue weighted by molar-refractivity contribution is 5.82. The van der Waals surface area contributed by atoms with E-state index >= 15 is 0 Å². The van der Waals surface area contributed by atoms with Gasteiger partial charge in [0.1, 0.15) is 0 Å². The fourth-order valence-corrected chi connectivity index (χ4v) is 2.27. The van der Waals surface area contributed by atoms with Crippen LogP contribution >= 0.6 is 0 Å². The molecular formula is C14H21NO3. The van der Waals surface area contributed by atoms with Gasteiger partial charge in [0.05, 0.1) is 20.1 Å². The Morgan fingerprint density at radius 2 is 1.94 bits per heavy atom. The van der Waals surface area contributed by atoms with E-state index in [9.17, 15) is 4.79 Å². The number of hydrogen-bond acceptors (Lipinski definition) is 3. The number of benzene rings is 1. The van der Waals surface area contributed by atoms with Crippen molar-refractivity contribution in [3.8, 4) is 11.5 Å². The molecule has 4 heteroatoms. The number of hydrogen-bond donors (Lipinski definition) is 1. The third-order valence-electron chi connectivity index (χ3n) is 3.17. The zero-order valence-corrected chi connectivity index (χ0v) is 11.4.